The Balaban J connectivity index is 2.01. The number of carbonyl (C=O) groups is 1. The Hall–Kier alpha value is -1.71. The molecule has 0 aromatic heterocycles. The molecule has 1 aliphatic rings. The van der Waals surface area contributed by atoms with Gasteiger partial charge in [0.25, 0.3) is 0 Å². The zero-order valence-electron chi connectivity index (χ0n) is 11.9. The van der Waals surface area contributed by atoms with Crippen molar-refractivity contribution in [3.8, 4) is 5.75 Å². The highest BCUT2D eigenvalue weighted by Gasteiger charge is 2.22. The minimum absolute atomic E-state index is 0.181. The first-order valence-electron chi connectivity index (χ1n) is 6.89. The van der Waals surface area contributed by atoms with Crippen molar-refractivity contribution >= 4 is 11.6 Å². The van der Waals surface area contributed by atoms with Crippen LogP contribution in [-0.2, 0) is 4.79 Å². The fourth-order valence-corrected chi connectivity index (χ4v) is 2.27. The summed E-state index contributed by atoms with van der Waals surface area (Å²) >= 11 is 0. The summed E-state index contributed by atoms with van der Waals surface area (Å²) in [5, 5.41) is 0. The lowest BCUT2D eigenvalue weighted by Gasteiger charge is -2.35. The molecule has 1 aliphatic heterocycles. The van der Waals surface area contributed by atoms with Gasteiger partial charge in [0, 0.05) is 25.3 Å². The summed E-state index contributed by atoms with van der Waals surface area (Å²) in [7, 11) is 0. The summed E-state index contributed by atoms with van der Waals surface area (Å²) in [4.78, 5) is 15.9. The average molecular weight is 262 g/mol. The van der Waals surface area contributed by atoms with Crippen LogP contribution in [0.4, 0.5) is 5.69 Å². The fourth-order valence-electron chi connectivity index (χ4n) is 2.27. The van der Waals surface area contributed by atoms with Gasteiger partial charge in [0.2, 0.25) is 5.91 Å². The molecular formula is C15H22N2O2. The van der Waals surface area contributed by atoms with Crippen molar-refractivity contribution in [2.75, 3.05) is 31.1 Å². The van der Waals surface area contributed by atoms with E-state index in [1.807, 2.05) is 49.9 Å². The van der Waals surface area contributed by atoms with Crippen molar-refractivity contribution < 1.29 is 9.53 Å². The number of nitrogens with zero attached hydrogens (tertiary/aromatic N) is 2. The predicted molar refractivity (Wildman–Crippen MR) is 76.7 cm³/mol. The maximum atomic E-state index is 11.9. The van der Waals surface area contributed by atoms with Crippen LogP contribution in [0.1, 0.15) is 20.8 Å². The van der Waals surface area contributed by atoms with E-state index < -0.39 is 0 Å². The first-order valence-corrected chi connectivity index (χ1v) is 6.89. The number of hydrogen-bond donors (Lipinski definition) is 0. The van der Waals surface area contributed by atoms with E-state index in [0.29, 0.717) is 6.54 Å². The van der Waals surface area contributed by atoms with Gasteiger partial charge in [-0.3, -0.25) is 4.79 Å². The Morgan fingerprint density at radius 1 is 1.21 bits per heavy atom. The van der Waals surface area contributed by atoms with E-state index in [9.17, 15) is 4.79 Å². The number of hydrogen-bond acceptors (Lipinski definition) is 3. The van der Waals surface area contributed by atoms with Gasteiger partial charge >= 0.3 is 0 Å². The molecular weight excluding hydrogens is 240 g/mol. The maximum absolute atomic E-state index is 11.9. The van der Waals surface area contributed by atoms with Crippen LogP contribution in [0.3, 0.4) is 0 Å². The quantitative estimate of drug-likeness (QED) is 0.833. The normalized spacial score (nSPS) is 16.1. The first-order chi connectivity index (χ1) is 9.10. The molecule has 19 heavy (non-hydrogen) atoms. The van der Waals surface area contributed by atoms with Gasteiger partial charge in [0.1, 0.15) is 5.75 Å². The Kier molecular flexibility index (Phi) is 4.30. The standard InChI is InChI=1S/C15H22N2O2/c1-4-16-9-10-17(11-15(16)18)13-5-7-14(8-6-13)19-12(2)3/h5-8,12H,4,9-11H2,1-3H3. The molecule has 1 aromatic carbocycles. The van der Waals surface area contributed by atoms with Crippen molar-refractivity contribution in [1.29, 1.82) is 0 Å². The number of ether oxygens (including phenoxy) is 1. The second-order valence-corrected chi connectivity index (χ2v) is 5.06. The molecule has 0 N–H and O–H groups in total. The lowest BCUT2D eigenvalue weighted by atomic mass is 10.2. The van der Waals surface area contributed by atoms with Gasteiger partial charge in [0.15, 0.2) is 0 Å². The Bertz CT molecular complexity index is 428. The zero-order valence-corrected chi connectivity index (χ0v) is 11.9. The molecule has 1 aromatic rings. The van der Waals surface area contributed by atoms with Crippen molar-refractivity contribution in [2.24, 2.45) is 0 Å². The molecule has 1 fully saturated rings. The van der Waals surface area contributed by atoms with E-state index in [4.69, 9.17) is 4.74 Å². The van der Waals surface area contributed by atoms with Gasteiger partial charge in [-0.05, 0) is 45.0 Å². The van der Waals surface area contributed by atoms with Crippen molar-refractivity contribution in [2.45, 2.75) is 26.9 Å². The van der Waals surface area contributed by atoms with Crippen molar-refractivity contribution in [3.63, 3.8) is 0 Å². The van der Waals surface area contributed by atoms with Crippen molar-refractivity contribution in [1.82, 2.24) is 4.90 Å². The van der Waals surface area contributed by atoms with Gasteiger partial charge in [0.05, 0.1) is 12.6 Å². The van der Waals surface area contributed by atoms with Gasteiger partial charge in [-0.1, -0.05) is 0 Å². The van der Waals surface area contributed by atoms with Crippen molar-refractivity contribution in [3.05, 3.63) is 24.3 Å². The van der Waals surface area contributed by atoms with Gasteiger partial charge in [-0.25, -0.2) is 0 Å². The van der Waals surface area contributed by atoms with E-state index in [-0.39, 0.29) is 12.0 Å². The lowest BCUT2D eigenvalue weighted by molar-refractivity contribution is -0.130. The molecule has 0 bridgehead atoms. The maximum Gasteiger partial charge on any atom is 0.242 e. The smallest absolute Gasteiger partial charge is 0.242 e. The lowest BCUT2D eigenvalue weighted by Crippen LogP contribution is -2.50. The highest BCUT2D eigenvalue weighted by molar-refractivity contribution is 5.82. The van der Waals surface area contributed by atoms with Crippen LogP contribution in [0.2, 0.25) is 0 Å². The number of anilines is 1. The Labute approximate surface area is 115 Å². The number of amides is 1. The largest absolute Gasteiger partial charge is 0.491 e. The molecule has 1 amide bonds. The van der Waals surface area contributed by atoms with Gasteiger partial charge in [-0.2, -0.15) is 0 Å². The van der Waals surface area contributed by atoms with Crippen LogP contribution in [0, 0.1) is 0 Å². The summed E-state index contributed by atoms with van der Waals surface area (Å²) in [5.41, 5.74) is 1.08. The minimum Gasteiger partial charge on any atom is -0.491 e. The molecule has 2 rings (SSSR count). The van der Waals surface area contributed by atoms with Crippen LogP contribution in [-0.4, -0.2) is 43.1 Å². The van der Waals surface area contributed by atoms with Gasteiger partial charge in [-0.15, -0.1) is 0 Å². The first kappa shape index (κ1) is 13.7. The third-order valence-electron chi connectivity index (χ3n) is 3.27. The topological polar surface area (TPSA) is 32.8 Å². The predicted octanol–water partition coefficient (Wildman–Crippen LogP) is 2.14. The minimum atomic E-state index is 0.181. The van der Waals surface area contributed by atoms with Crippen LogP contribution < -0.4 is 9.64 Å². The molecule has 0 radical (unpaired) electrons. The number of likely N-dealkylation sites (N-methyl/N-ethyl adjacent to an activating group) is 1. The monoisotopic (exact) mass is 262 g/mol. The molecule has 0 unspecified atom stereocenters. The molecule has 4 nitrogen and oxygen atoms in total. The van der Waals surface area contributed by atoms with Crippen LogP contribution in [0.25, 0.3) is 0 Å². The summed E-state index contributed by atoms with van der Waals surface area (Å²) in [6, 6.07) is 7.97. The second kappa shape index (κ2) is 5.95. The summed E-state index contributed by atoms with van der Waals surface area (Å²) in [6.45, 7) is 9.01. The van der Waals surface area contributed by atoms with E-state index >= 15 is 0 Å². The summed E-state index contributed by atoms with van der Waals surface area (Å²) in [5.74, 6) is 1.08. The van der Waals surface area contributed by atoms with Crippen LogP contribution in [0.5, 0.6) is 5.75 Å². The number of benzene rings is 1. The number of rotatable bonds is 4. The highest BCUT2D eigenvalue weighted by Crippen LogP contribution is 2.21. The molecule has 0 spiro atoms. The third-order valence-corrected chi connectivity index (χ3v) is 3.27. The van der Waals surface area contributed by atoms with Gasteiger partial charge < -0.3 is 14.5 Å². The highest BCUT2D eigenvalue weighted by atomic mass is 16.5. The average Bonchev–Trinajstić information content (AvgIpc) is 2.39. The van der Waals surface area contributed by atoms with Crippen LogP contribution >= 0.6 is 0 Å². The zero-order chi connectivity index (χ0) is 13.8. The third kappa shape index (κ3) is 3.40. The number of carbonyl (C=O) groups excluding carboxylic acids is 1. The fraction of sp³-hybridized carbons (Fsp3) is 0.533. The Morgan fingerprint density at radius 2 is 1.89 bits per heavy atom. The summed E-state index contributed by atoms with van der Waals surface area (Å²) < 4.78 is 5.62. The van der Waals surface area contributed by atoms with Crippen LogP contribution in [0.15, 0.2) is 24.3 Å². The van der Waals surface area contributed by atoms with E-state index in [1.165, 1.54) is 0 Å². The molecule has 0 saturated carbocycles. The Morgan fingerprint density at radius 3 is 2.42 bits per heavy atom. The van der Waals surface area contributed by atoms with E-state index in [2.05, 4.69) is 4.90 Å². The molecule has 1 saturated heterocycles. The molecule has 0 atom stereocenters. The van der Waals surface area contributed by atoms with E-state index in [1.54, 1.807) is 0 Å². The molecule has 1 heterocycles. The number of piperazine rings is 1. The summed E-state index contributed by atoms with van der Waals surface area (Å²) in [6.07, 6.45) is 0.181. The molecule has 0 aliphatic carbocycles. The SMILES string of the molecule is CCN1CCN(c2ccc(OC(C)C)cc2)CC1=O. The second-order valence-electron chi connectivity index (χ2n) is 5.06. The molecule has 104 valence electrons. The molecule has 4 heteroatoms. The van der Waals surface area contributed by atoms with E-state index in [0.717, 1.165) is 31.1 Å².